The van der Waals surface area contributed by atoms with E-state index in [4.69, 9.17) is 0 Å². The van der Waals surface area contributed by atoms with Crippen LogP contribution in [0.5, 0.6) is 0 Å². The lowest BCUT2D eigenvalue weighted by Crippen LogP contribution is -2.49. The smallest absolute Gasteiger partial charge is 0.237 e. The highest BCUT2D eigenvalue weighted by Gasteiger charge is 2.27. The van der Waals surface area contributed by atoms with Gasteiger partial charge < -0.3 is 10.0 Å². The quantitative estimate of drug-likeness (QED) is 0.768. The lowest BCUT2D eigenvalue weighted by molar-refractivity contribution is -0.136. The molecule has 0 heterocycles. The molecule has 1 saturated carbocycles. The first kappa shape index (κ1) is 16.4. The van der Waals surface area contributed by atoms with Crippen LogP contribution in [0.15, 0.2) is 0 Å². The highest BCUT2D eigenvalue weighted by Crippen LogP contribution is 2.23. The number of rotatable bonds is 7. The molecule has 4 heteroatoms. The van der Waals surface area contributed by atoms with E-state index in [2.05, 4.69) is 32.6 Å². The Morgan fingerprint density at radius 3 is 2.11 bits per heavy atom. The maximum atomic E-state index is 12.5. The summed E-state index contributed by atoms with van der Waals surface area (Å²) in [5, 5.41) is 9.20. The van der Waals surface area contributed by atoms with Gasteiger partial charge in [0, 0.05) is 24.7 Å². The fraction of sp³-hybridized carbons (Fsp3) is 0.933. The summed E-state index contributed by atoms with van der Waals surface area (Å²) in [6.45, 7) is 9.43. The van der Waals surface area contributed by atoms with E-state index in [1.807, 2.05) is 4.90 Å². The van der Waals surface area contributed by atoms with E-state index >= 15 is 0 Å². The van der Waals surface area contributed by atoms with Crippen LogP contribution in [0, 0.1) is 0 Å². The van der Waals surface area contributed by atoms with Crippen LogP contribution in [0.25, 0.3) is 0 Å². The van der Waals surface area contributed by atoms with E-state index in [0.717, 1.165) is 12.8 Å². The van der Waals surface area contributed by atoms with Gasteiger partial charge in [0.1, 0.15) is 0 Å². The average molecular weight is 270 g/mol. The second-order valence-corrected chi connectivity index (χ2v) is 6.12. The van der Waals surface area contributed by atoms with Crippen molar-refractivity contribution in [3.63, 3.8) is 0 Å². The van der Waals surface area contributed by atoms with Gasteiger partial charge in [0.15, 0.2) is 0 Å². The summed E-state index contributed by atoms with van der Waals surface area (Å²) in [6.07, 6.45) is 4.82. The first-order valence-electron chi connectivity index (χ1n) is 7.63. The van der Waals surface area contributed by atoms with Crippen molar-refractivity contribution in [3.05, 3.63) is 0 Å². The van der Waals surface area contributed by atoms with Crippen molar-refractivity contribution in [3.8, 4) is 0 Å². The minimum atomic E-state index is 0.132. The molecule has 1 rings (SSSR count). The van der Waals surface area contributed by atoms with Gasteiger partial charge in [-0.15, -0.1) is 0 Å². The lowest BCUT2D eigenvalue weighted by Gasteiger charge is -2.35. The van der Waals surface area contributed by atoms with Crippen LogP contribution in [-0.2, 0) is 4.79 Å². The van der Waals surface area contributed by atoms with Gasteiger partial charge in [0.05, 0.1) is 13.2 Å². The van der Waals surface area contributed by atoms with Gasteiger partial charge in [-0.05, 0) is 40.5 Å². The molecular formula is C15H30N2O2. The molecule has 0 aromatic carbocycles. The van der Waals surface area contributed by atoms with Gasteiger partial charge in [-0.25, -0.2) is 0 Å². The number of hydrogen-bond acceptors (Lipinski definition) is 3. The Morgan fingerprint density at radius 2 is 1.68 bits per heavy atom. The fourth-order valence-corrected chi connectivity index (χ4v) is 3.22. The number of aliphatic hydroxyl groups is 1. The van der Waals surface area contributed by atoms with Crippen molar-refractivity contribution in [1.29, 1.82) is 0 Å². The molecule has 0 bridgehead atoms. The number of hydrogen-bond donors (Lipinski definition) is 1. The van der Waals surface area contributed by atoms with Gasteiger partial charge in [0.2, 0.25) is 5.91 Å². The Labute approximate surface area is 117 Å². The molecule has 0 aromatic heterocycles. The second-order valence-electron chi connectivity index (χ2n) is 6.12. The van der Waals surface area contributed by atoms with E-state index in [0.29, 0.717) is 19.1 Å². The molecule has 0 aliphatic heterocycles. The van der Waals surface area contributed by atoms with Gasteiger partial charge >= 0.3 is 0 Å². The van der Waals surface area contributed by atoms with Crippen molar-refractivity contribution < 1.29 is 9.90 Å². The minimum Gasteiger partial charge on any atom is -0.395 e. The van der Waals surface area contributed by atoms with Crippen LogP contribution in [0.1, 0.15) is 53.4 Å². The Kier molecular flexibility index (Phi) is 6.80. The summed E-state index contributed by atoms with van der Waals surface area (Å²) < 4.78 is 0. The third kappa shape index (κ3) is 4.77. The first-order chi connectivity index (χ1) is 8.97. The number of aliphatic hydroxyl groups excluding tert-OH is 1. The highest BCUT2D eigenvalue weighted by atomic mass is 16.3. The van der Waals surface area contributed by atoms with E-state index in [1.54, 1.807) is 0 Å². The van der Waals surface area contributed by atoms with E-state index in [1.165, 1.54) is 12.8 Å². The molecule has 19 heavy (non-hydrogen) atoms. The SMILES string of the molecule is CC(C)N(C(=O)CN(CCO)C1CCCC1)C(C)C. The minimum absolute atomic E-state index is 0.132. The normalized spacial score (nSPS) is 16.8. The summed E-state index contributed by atoms with van der Waals surface area (Å²) in [5.41, 5.74) is 0. The molecule has 1 aliphatic carbocycles. The van der Waals surface area contributed by atoms with Crippen LogP contribution >= 0.6 is 0 Å². The molecule has 1 amide bonds. The molecule has 0 aromatic rings. The van der Waals surface area contributed by atoms with Crippen molar-refractivity contribution >= 4 is 5.91 Å². The standard InChI is InChI=1S/C15H30N2O2/c1-12(2)17(13(3)4)15(19)11-16(9-10-18)14-7-5-6-8-14/h12-14,18H,5-11H2,1-4H3. The first-order valence-corrected chi connectivity index (χ1v) is 7.63. The third-order valence-corrected chi connectivity index (χ3v) is 3.97. The third-order valence-electron chi connectivity index (χ3n) is 3.97. The maximum absolute atomic E-state index is 12.5. The van der Waals surface area contributed by atoms with Crippen molar-refractivity contribution in [1.82, 2.24) is 9.80 Å². The average Bonchev–Trinajstić information content (AvgIpc) is 2.80. The lowest BCUT2D eigenvalue weighted by atomic mass is 10.2. The zero-order chi connectivity index (χ0) is 14.4. The summed E-state index contributed by atoms with van der Waals surface area (Å²) in [5.74, 6) is 0.186. The van der Waals surface area contributed by atoms with Crippen molar-refractivity contribution in [2.75, 3.05) is 19.7 Å². The molecule has 0 radical (unpaired) electrons. The maximum Gasteiger partial charge on any atom is 0.237 e. The summed E-state index contributed by atoms with van der Waals surface area (Å²) in [6, 6.07) is 0.941. The summed E-state index contributed by atoms with van der Waals surface area (Å²) >= 11 is 0. The monoisotopic (exact) mass is 270 g/mol. The van der Waals surface area contributed by atoms with Crippen LogP contribution in [0.2, 0.25) is 0 Å². The Balaban J connectivity index is 2.63. The molecule has 1 aliphatic rings. The zero-order valence-corrected chi connectivity index (χ0v) is 12.9. The number of amides is 1. The molecule has 1 N–H and O–H groups in total. The van der Waals surface area contributed by atoms with Gasteiger partial charge in [-0.2, -0.15) is 0 Å². The molecule has 0 atom stereocenters. The summed E-state index contributed by atoms with van der Waals surface area (Å²) in [7, 11) is 0. The van der Waals surface area contributed by atoms with Crippen molar-refractivity contribution in [2.24, 2.45) is 0 Å². The number of carbonyl (C=O) groups excluding carboxylic acids is 1. The molecule has 112 valence electrons. The molecule has 1 fully saturated rings. The second kappa shape index (κ2) is 7.85. The Hall–Kier alpha value is -0.610. The van der Waals surface area contributed by atoms with Gasteiger partial charge in [-0.1, -0.05) is 12.8 Å². The predicted octanol–water partition coefficient (Wildman–Crippen LogP) is 1.87. The van der Waals surface area contributed by atoms with Crippen LogP contribution < -0.4 is 0 Å². The van der Waals surface area contributed by atoms with E-state index < -0.39 is 0 Å². The molecule has 0 saturated heterocycles. The zero-order valence-electron chi connectivity index (χ0n) is 12.9. The van der Waals surface area contributed by atoms with E-state index in [-0.39, 0.29) is 24.6 Å². The highest BCUT2D eigenvalue weighted by molar-refractivity contribution is 5.78. The van der Waals surface area contributed by atoms with E-state index in [9.17, 15) is 9.90 Å². The molecule has 0 spiro atoms. The largest absolute Gasteiger partial charge is 0.395 e. The van der Waals surface area contributed by atoms with Crippen LogP contribution in [0.3, 0.4) is 0 Å². The van der Waals surface area contributed by atoms with Gasteiger partial charge in [-0.3, -0.25) is 9.69 Å². The molecular weight excluding hydrogens is 240 g/mol. The topological polar surface area (TPSA) is 43.8 Å². The number of nitrogens with zero attached hydrogens (tertiary/aromatic N) is 2. The van der Waals surface area contributed by atoms with Crippen LogP contribution in [-0.4, -0.2) is 58.6 Å². The summed E-state index contributed by atoms with van der Waals surface area (Å²) in [4.78, 5) is 16.6. The van der Waals surface area contributed by atoms with Crippen LogP contribution in [0.4, 0.5) is 0 Å². The predicted molar refractivity (Wildman–Crippen MR) is 78.0 cm³/mol. The van der Waals surface area contributed by atoms with Crippen molar-refractivity contribution in [2.45, 2.75) is 71.5 Å². The Morgan fingerprint density at radius 1 is 1.16 bits per heavy atom. The molecule has 4 nitrogen and oxygen atoms in total. The molecule has 0 unspecified atom stereocenters. The number of carbonyl (C=O) groups is 1. The Bertz CT molecular complexity index is 265. The van der Waals surface area contributed by atoms with Gasteiger partial charge in [0.25, 0.3) is 0 Å². The fourth-order valence-electron chi connectivity index (χ4n) is 3.22.